The van der Waals surface area contributed by atoms with Crippen LogP contribution < -0.4 is 15.4 Å². The van der Waals surface area contributed by atoms with Crippen molar-refractivity contribution in [1.29, 1.82) is 0 Å². The molecular weight excluding hydrogens is 384 g/mol. The molecule has 2 fully saturated rings. The number of fused-ring (bicyclic) bond motifs is 2. The van der Waals surface area contributed by atoms with Gasteiger partial charge in [-0.3, -0.25) is 9.59 Å². The Morgan fingerprint density at radius 2 is 1.63 bits per heavy atom. The van der Waals surface area contributed by atoms with Crippen LogP contribution in [0.1, 0.15) is 32.2 Å². The molecule has 7 nitrogen and oxygen atoms in total. The number of rotatable bonds is 4. The topological polar surface area (TPSA) is 96.9 Å². The van der Waals surface area contributed by atoms with Gasteiger partial charge < -0.3 is 25.2 Å². The van der Waals surface area contributed by atoms with Crippen LogP contribution >= 0.6 is 0 Å². The van der Waals surface area contributed by atoms with Gasteiger partial charge in [0.1, 0.15) is 5.75 Å². The van der Waals surface area contributed by atoms with Gasteiger partial charge in [-0.1, -0.05) is 36.4 Å². The summed E-state index contributed by atoms with van der Waals surface area (Å²) in [6, 6.07) is 15.4. The maximum Gasteiger partial charge on any atom is 0.254 e. The third kappa shape index (κ3) is 4.04. The lowest BCUT2D eigenvalue weighted by Gasteiger charge is -2.12. The highest BCUT2D eigenvalue weighted by molar-refractivity contribution is 6.02. The fourth-order valence-corrected chi connectivity index (χ4v) is 4.05. The third-order valence-corrected chi connectivity index (χ3v) is 5.86. The summed E-state index contributed by atoms with van der Waals surface area (Å²) in [6.45, 7) is 1.62. The van der Waals surface area contributed by atoms with Crippen LogP contribution in [0.4, 0.5) is 0 Å². The summed E-state index contributed by atoms with van der Waals surface area (Å²) in [5, 5.41) is 15.1. The van der Waals surface area contributed by atoms with Crippen LogP contribution in [0, 0.1) is 11.8 Å². The van der Waals surface area contributed by atoms with Crippen LogP contribution in [0.15, 0.2) is 48.5 Å². The van der Waals surface area contributed by atoms with E-state index in [0.717, 1.165) is 0 Å². The minimum atomic E-state index is -0.309. The quantitative estimate of drug-likeness (QED) is 0.711. The molecule has 0 bridgehead atoms. The SMILES string of the molecule is CNC(=O)c1cc(C(=O)NC2C3COCC32)cc2c1OCC2CO.c1ccccc1. The highest BCUT2D eigenvalue weighted by Gasteiger charge is 2.54. The largest absolute Gasteiger partial charge is 0.492 e. The number of benzene rings is 2. The van der Waals surface area contributed by atoms with Crippen molar-refractivity contribution < 1.29 is 24.2 Å². The van der Waals surface area contributed by atoms with E-state index in [1.165, 1.54) is 7.05 Å². The summed E-state index contributed by atoms with van der Waals surface area (Å²) < 4.78 is 10.9. The van der Waals surface area contributed by atoms with Crippen molar-refractivity contribution in [1.82, 2.24) is 10.6 Å². The monoisotopic (exact) mass is 410 g/mol. The van der Waals surface area contributed by atoms with Crippen molar-refractivity contribution in [3.8, 4) is 5.75 Å². The lowest BCUT2D eigenvalue weighted by molar-refractivity contribution is 0.0928. The first-order chi connectivity index (χ1) is 14.6. The predicted octanol–water partition coefficient (Wildman–Crippen LogP) is 1.58. The van der Waals surface area contributed by atoms with Crippen molar-refractivity contribution in [2.45, 2.75) is 12.0 Å². The first kappa shape index (κ1) is 20.4. The molecular formula is C23H26N2O5. The number of hydrogen-bond acceptors (Lipinski definition) is 5. The van der Waals surface area contributed by atoms with E-state index < -0.39 is 0 Å². The van der Waals surface area contributed by atoms with Crippen LogP contribution in [-0.4, -0.2) is 56.4 Å². The van der Waals surface area contributed by atoms with E-state index in [1.54, 1.807) is 12.1 Å². The molecule has 3 N–H and O–H groups in total. The van der Waals surface area contributed by atoms with Gasteiger partial charge in [0, 0.05) is 42.0 Å². The van der Waals surface area contributed by atoms with Gasteiger partial charge >= 0.3 is 0 Å². The smallest absolute Gasteiger partial charge is 0.254 e. The van der Waals surface area contributed by atoms with E-state index in [4.69, 9.17) is 9.47 Å². The first-order valence-electron chi connectivity index (χ1n) is 10.2. The Morgan fingerprint density at radius 1 is 1.00 bits per heavy atom. The van der Waals surface area contributed by atoms with Crippen LogP contribution in [-0.2, 0) is 4.74 Å². The van der Waals surface area contributed by atoms with E-state index >= 15 is 0 Å². The van der Waals surface area contributed by atoms with Gasteiger partial charge in [0.05, 0.1) is 32.0 Å². The molecule has 158 valence electrons. The van der Waals surface area contributed by atoms with Crippen molar-refractivity contribution in [3.63, 3.8) is 0 Å². The molecule has 2 aliphatic heterocycles. The standard InChI is InChI=1S/C17H20N2O5.C6H6/c1-18-17(22)11-3-8(2-10-9(4-20)5-24-15(10)11)16(21)19-14-12-6-23-7-13(12)14;1-2-4-6-5-3-1/h2-3,9,12-14,20H,4-7H2,1H3,(H,18,22)(H,19,21);1-6H. The molecule has 3 unspecified atom stereocenters. The van der Waals surface area contributed by atoms with Gasteiger partial charge in [-0.25, -0.2) is 0 Å². The Hall–Kier alpha value is -2.90. The van der Waals surface area contributed by atoms with E-state index in [2.05, 4.69) is 10.6 Å². The minimum Gasteiger partial charge on any atom is -0.492 e. The number of aliphatic hydroxyl groups is 1. The normalized spacial score (nSPS) is 25.1. The zero-order chi connectivity index (χ0) is 21.1. The summed E-state index contributed by atoms with van der Waals surface area (Å²) in [7, 11) is 1.53. The van der Waals surface area contributed by atoms with Gasteiger partial charge in [-0.05, 0) is 12.1 Å². The zero-order valence-corrected chi connectivity index (χ0v) is 16.8. The molecule has 0 spiro atoms. The van der Waals surface area contributed by atoms with Crippen LogP contribution in [0.3, 0.4) is 0 Å². The molecule has 1 saturated carbocycles. The molecule has 2 amide bonds. The molecule has 1 saturated heterocycles. The average Bonchev–Trinajstić information content (AvgIpc) is 3.16. The van der Waals surface area contributed by atoms with E-state index in [0.29, 0.717) is 54.1 Å². The molecule has 2 aromatic carbocycles. The summed E-state index contributed by atoms with van der Waals surface area (Å²) in [5.74, 6) is 0.555. The molecule has 0 aromatic heterocycles. The number of ether oxygens (including phenoxy) is 2. The Balaban J connectivity index is 0.000000313. The van der Waals surface area contributed by atoms with E-state index in [9.17, 15) is 14.7 Å². The van der Waals surface area contributed by atoms with Crippen molar-refractivity contribution in [3.05, 3.63) is 65.2 Å². The lowest BCUT2D eigenvalue weighted by Crippen LogP contribution is -2.30. The van der Waals surface area contributed by atoms with Gasteiger partial charge in [0.15, 0.2) is 0 Å². The van der Waals surface area contributed by atoms with Gasteiger partial charge in [0.25, 0.3) is 11.8 Å². The molecule has 3 aliphatic rings. The van der Waals surface area contributed by atoms with E-state index in [-0.39, 0.29) is 30.4 Å². The summed E-state index contributed by atoms with van der Waals surface area (Å²) in [4.78, 5) is 24.7. The number of carbonyl (C=O) groups is 2. The van der Waals surface area contributed by atoms with Crippen LogP contribution in [0.2, 0.25) is 0 Å². The lowest BCUT2D eigenvalue weighted by atomic mass is 9.96. The highest BCUT2D eigenvalue weighted by Crippen LogP contribution is 2.44. The number of hydrogen-bond donors (Lipinski definition) is 3. The molecule has 1 aliphatic carbocycles. The van der Waals surface area contributed by atoms with Crippen LogP contribution in [0.25, 0.3) is 0 Å². The van der Waals surface area contributed by atoms with Crippen molar-refractivity contribution >= 4 is 11.8 Å². The first-order valence-corrected chi connectivity index (χ1v) is 10.2. The Bertz CT molecular complexity index is 881. The molecule has 7 heteroatoms. The fourth-order valence-electron chi connectivity index (χ4n) is 4.05. The number of aliphatic hydroxyl groups excluding tert-OH is 1. The summed E-state index contributed by atoms with van der Waals surface area (Å²) >= 11 is 0. The van der Waals surface area contributed by atoms with Crippen LogP contribution in [0.5, 0.6) is 5.75 Å². The fraction of sp³-hybridized carbons (Fsp3) is 0.391. The van der Waals surface area contributed by atoms with E-state index in [1.807, 2.05) is 36.4 Å². The Labute approximate surface area is 175 Å². The molecule has 5 rings (SSSR count). The van der Waals surface area contributed by atoms with Gasteiger partial charge in [0.2, 0.25) is 0 Å². The second-order valence-electron chi connectivity index (χ2n) is 7.73. The average molecular weight is 410 g/mol. The molecule has 3 atom stereocenters. The van der Waals surface area contributed by atoms with Gasteiger partial charge in [-0.15, -0.1) is 0 Å². The second-order valence-corrected chi connectivity index (χ2v) is 7.73. The molecule has 2 aromatic rings. The molecule has 30 heavy (non-hydrogen) atoms. The Kier molecular flexibility index (Phi) is 6.01. The van der Waals surface area contributed by atoms with Crippen molar-refractivity contribution in [2.75, 3.05) is 33.5 Å². The zero-order valence-electron chi connectivity index (χ0n) is 16.8. The minimum absolute atomic E-state index is 0.0879. The van der Waals surface area contributed by atoms with Gasteiger partial charge in [-0.2, -0.15) is 0 Å². The number of nitrogens with one attached hydrogen (secondary N) is 2. The maximum absolute atomic E-state index is 12.6. The Morgan fingerprint density at radius 3 is 2.20 bits per heavy atom. The maximum atomic E-state index is 12.6. The van der Waals surface area contributed by atoms with Crippen molar-refractivity contribution in [2.24, 2.45) is 11.8 Å². The molecule has 0 radical (unpaired) electrons. The highest BCUT2D eigenvalue weighted by atomic mass is 16.5. The second kappa shape index (κ2) is 8.85. The number of carbonyl (C=O) groups excluding carboxylic acids is 2. The third-order valence-electron chi connectivity index (χ3n) is 5.86. The summed E-state index contributed by atoms with van der Waals surface area (Å²) in [5.41, 5.74) is 1.46. The number of amides is 2. The molecule has 2 heterocycles. The summed E-state index contributed by atoms with van der Waals surface area (Å²) in [6.07, 6.45) is 0. The predicted molar refractivity (Wildman–Crippen MR) is 111 cm³/mol.